The summed E-state index contributed by atoms with van der Waals surface area (Å²) in [5, 5.41) is 59.9. The highest BCUT2D eigenvalue weighted by atomic mass is 16.5. The van der Waals surface area contributed by atoms with E-state index in [1.54, 1.807) is 13.8 Å². The van der Waals surface area contributed by atoms with Gasteiger partial charge in [0.15, 0.2) is 11.0 Å². The third-order valence-corrected chi connectivity index (χ3v) is 4.76. The number of benzene rings is 1. The lowest BCUT2D eigenvalue weighted by Crippen LogP contribution is -2.55. The molecule has 27 heavy (non-hydrogen) atoms. The van der Waals surface area contributed by atoms with Crippen LogP contribution in [0.15, 0.2) is 21.3 Å². The van der Waals surface area contributed by atoms with Crippen LogP contribution in [0, 0.1) is 0 Å². The van der Waals surface area contributed by atoms with Gasteiger partial charge in [-0.25, -0.2) is 0 Å². The van der Waals surface area contributed by atoms with Gasteiger partial charge in [-0.3, -0.25) is 4.79 Å². The second-order valence-corrected chi connectivity index (χ2v) is 6.95. The van der Waals surface area contributed by atoms with Gasteiger partial charge in [0.1, 0.15) is 53.2 Å². The van der Waals surface area contributed by atoms with Crippen LogP contribution in [0.25, 0.3) is 11.0 Å². The zero-order valence-corrected chi connectivity index (χ0v) is 14.7. The van der Waals surface area contributed by atoms with Gasteiger partial charge in [-0.2, -0.15) is 0 Å². The van der Waals surface area contributed by atoms with Crippen molar-refractivity contribution in [2.75, 3.05) is 6.61 Å². The van der Waals surface area contributed by atoms with Crippen LogP contribution < -0.4 is 5.43 Å². The van der Waals surface area contributed by atoms with Crippen molar-refractivity contribution in [3.05, 3.63) is 33.7 Å². The maximum absolute atomic E-state index is 12.5. The number of rotatable bonds is 3. The molecule has 0 spiro atoms. The van der Waals surface area contributed by atoms with Crippen LogP contribution in [-0.4, -0.2) is 61.7 Å². The minimum atomic E-state index is -1.69. The lowest BCUT2D eigenvalue weighted by molar-refractivity contribution is -0.231. The summed E-state index contributed by atoms with van der Waals surface area (Å²) in [5.74, 6) is -0.953. The van der Waals surface area contributed by atoms with Crippen LogP contribution >= 0.6 is 0 Å². The summed E-state index contributed by atoms with van der Waals surface area (Å²) >= 11 is 0. The molecule has 0 bridgehead atoms. The Morgan fingerprint density at radius 1 is 1.04 bits per heavy atom. The van der Waals surface area contributed by atoms with Gasteiger partial charge in [-0.1, -0.05) is 13.8 Å². The summed E-state index contributed by atoms with van der Waals surface area (Å²) < 4.78 is 11.2. The highest BCUT2D eigenvalue weighted by molar-refractivity contribution is 5.88. The lowest BCUT2D eigenvalue weighted by Gasteiger charge is -2.40. The fourth-order valence-electron chi connectivity index (χ4n) is 3.24. The molecule has 1 aliphatic heterocycles. The average molecular weight is 382 g/mol. The number of fused-ring (bicyclic) bond motifs is 1. The van der Waals surface area contributed by atoms with Crippen LogP contribution in [0.2, 0.25) is 0 Å². The number of ether oxygens (including phenoxy) is 1. The van der Waals surface area contributed by atoms with Crippen molar-refractivity contribution in [1.82, 2.24) is 0 Å². The van der Waals surface area contributed by atoms with Gasteiger partial charge in [0.2, 0.25) is 0 Å². The molecule has 0 saturated carbocycles. The Bertz CT molecular complexity index is 902. The molecule has 0 radical (unpaired) electrons. The van der Waals surface area contributed by atoms with Crippen molar-refractivity contribution < 1.29 is 39.8 Å². The van der Waals surface area contributed by atoms with E-state index in [1.165, 1.54) is 6.07 Å². The molecule has 5 atom stereocenters. The maximum atomic E-state index is 12.5. The second kappa shape index (κ2) is 7.10. The van der Waals surface area contributed by atoms with Gasteiger partial charge in [0.05, 0.1) is 12.2 Å². The van der Waals surface area contributed by atoms with E-state index < -0.39 is 54.1 Å². The highest BCUT2D eigenvalue weighted by Crippen LogP contribution is 2.43. The number of aromatic hydroxyl groups is 2. The van der Waals surface area contributed by atoms with E-state index in [2.05, 4.69) is 0 Å². The summed E-state index contributed by atoms with van der Waals surface area (Å²) in [4.78, 5) is 12.5. The minimum Gasteiger partial charge on any atom is -0.507 e. The molecule has 148 valence electrons. The fraction of sp³-hybridized carbons (Fsp3) is 0.500. The van der Waals surface area contributed by atoms with Crippen LogP contribution in [0.4, 0.5) is 0 Å². The van der Waals surface area contributed by atoms with Gasteiger partial charge in [-0.15, -0.1) is 0 Å². The fourth-order valence-corrected chi connectivity index (χ4v) is 3.24. The van der Waals surface area contributed by atoms with E-state index >= 15 is 0 Å². The average Bonchev–Trinajstić information content (AvgIpc) is 2.60. The predicted molar refractivity (Wildman–Crippen MR) is 92.6 cm³/mol. The molecule has 3 rings (SSSR count). The SMILES string of the molecule is CC(C)c1cc(=O)c2c(O)cc(O)c([C@@H]3O[C@H](CO)[C@@H](O)[C@@H](O)[C@H]3O)c2o1. The Morgan fingerprint density at radius 3 is 2.30 bits per heavy atom. The molecule has 0 unspecified atom stereocenters. The zero-order valence-electron chi connectivity index (χ0n) is 14.7. The Labute approximate surface area is 153 Å². The molecule has 1 fully saturated rings. The monoisotopic (exact) mass is 382 g/mol. The summed E-state index contributed by atoms with van der Waals surface area (Å²) in [6.07, 6.45) is -7.57. The van der Waals surface area contributed by atoms with Gasteiger partial charge >= 0.3 is 0 Å². The normalized spacial score (nSPS) is 28.8. The Morgan fingerprint density at radius 2 is 1.70 bits per heavy atom. The Balaban J connectivity index is 2.28. The number of phenols is 2. The topological polar surface area (TPSA) is 161 Å². The molecule has 0 amide bonds. The number of phenolic OH excluding ortho intramolecular Hbond substituents is 2. The standard InChI is InChI=1S/C18H22O9/c1-6(2)10-4-9(22)12-7(20)3-8(21)13(17(12)26-10)18-16(25)15(24)14(23)11(5-19)27-18/h3-4,6,11,14-16,18-21,23-25H,5H2,1-2H3/t11-,14-,15-,16-,18+/m1/s1. The van der Waals surface area contributed by atoms with E-state index in [4.69, 9.17) is 9.15 Å². The molecule has 1 aliphatic rings. The molecule has 1 aromatic carbocycles. The lowest BCUT2D eigenvalue weighted by atomic mass is 9.89. The summed E-state index contributed by atoms with van der Waals surface area (Å²) in [6, 6.07) is 2.13. The second-order valence-electron chi connectivity index (χ2n) is 6.95. The summed E-state index contributed by atoms with van der Waals surface area (Å²) in [6.45, 7) is 2.90. The first-order chi connectivity index (χ1) is 12.7. The first-order valence-electron chi connectivity index (χ1n) is 8.50. The molecule has 2 heterocycles. The van der Waals surface area contributed by atoms with Crippen molar-refractivity contribution in [2.45, 2.75) is 50.3 Å². The Hall–Kier alpha value is -2.17. The number of aliphatic hydroxyl groups excluding tert-OH is 4. The molecular formula is C18H22O9. The first kappa shape index (κ1) is 19.6. The summed E-state index contributed by atoms with van der Waals surface area (Å²) in [7, 11) is 0. The first-order valence-corrected chi connectivity index (χ1v) is 8.50. The van der Waals surface area contributed by atoms with Gasteiger partial charge in [0.25, 0.3) is 0 Å². The Kier molecular flexibility index (Phi) is 5.15. The molecular weight excluding hydrogens is 360 g/mol. The molecule has 0 aliphatic carbocycles. The van der Waals surface area contributed by atoms with E-state index in [-0.39, 0.29) is 28.2 Å². The number of hydrogen-bond acceptors (Lipinski definition) is 9. The summed E-state index contributed by atoms with van der Waals surface area (Å²) in [5.41, 5.74) is -0.921. The molecule has 2 aromatic rings. The third kappa shape index (κ3) is 3.17. The zero-order chi connectivity index (χ0) is 20.0. The van der Waals surface area contributed by atoms with E-state index in [0.29, 0.717) is 0 Å². The predicted octanol–water partition coefficient (Wildman–Crippen LogP) is -0.158. The maximum Gasteiger partial charge on any atom is 0.196 e. The minimum absolute atomic E-state index is 0.167. The van der Waals surface area contributed by atoms with Crippen molar-refractivity contribution in [1.29, 1.82) is 0 Å². The van der Waals surface area contributed by atoms with Gasteiger partial charge in [-0.05, 0) is 0 Å². The van der Waals surface area contributed by atoms with Gasteiger partial charge < -0.3 is 39.8 Å². The largest absolute Gasteiger partial charge is 0.507 e. The highest BCUT2D eigenvalue weighted by Gasteiger charge is 2.46. The molecule has 9 nitrogen and oxygen atoms in total. The van der Waals surface area contributed by atoms with Crippen molar-refractivity contribution in [3.63, 3.8) is 0 Å². The van der Waals surface area contributed by atoms with Crippen LogP contribution in [0.3, 0.4) is 0 Å². The van der Waals surface area contributed by atoms with Crippen molar-refractivity contribution >= 4 is 11.0 Å². The van der Waals surface area contributed by atoms with Crippen LogP contribution in [-0.2, 0) is 4.74 Å². The molecule has 1 saturated heterocycles. The number of hydrogen-bond donors (Lipinski definition) is 6. The molecule has 6 N–H and O–H groups in total. The molecule has 1 aromatic heterocycles. The van der Waals surface area contributed by atoms with Crippen LogP contribution in [0.5, 0.6) is 11.5 Å². The van der Waals surface area contributed by atoms with E-state index in [9.17, 15) is 35.4 Å². The number of aliphatic hydroxyl groups is 4. The quantitative estimate of drug-likeness (QED) is 0.424. The van der Waals surface area contributed by atoms with E-state index in [1.807, 2.05) is 0 Å². The van der Waals surface area contributed by atoms with E-state index in [0.717, 1.165) is 6.07 Å². The van der Waals surface area contributed by atoms with Crippen LogP contribution in [0.1, 0.15) is 37.2 Å². The third-order valence-electron chi connectivity index (χ3n) is 4.76. The van der Waals surface area contributed by atoms with Gasteiger partial charge in [0, 0.05) is 18.1 Å². The van der Waals surface area contributed by atoms with Crippen molar-refractivity contribution in [3.8, 4) is 11.5 Å². The smallest absolute Gasteiger partial charge is 0.196 e. The van der Waals surface area contributed by atoms with Crippen molar-refractivity contribution in [2.24, 2.45) is 0 Å². The molecule has 9 heteroatoms.